The Kier molecular flexibility index (Phi) is 3.89. The van der Waals surface area contributed by atoms with Gasteiger partial charge in [-0.25, -0.2) is 9.48 Å². The molecular weight excluding hydrogens is 274 g/mol. The Labute approximate surface area is 122 Å². The molecule has 8 heteroatoms. The van der Waals surface area contributed by atoms with Gasteiger partial charge in [0.2, 0.25) is 11.8 Å². The molecule has 0 unspecified atom stereocenters. The van der Waals surface area contributed by atoms with Crippen molar-refractivity contribution in [3.05, 3.63) is 16.8 Å². The third-order valence-electron chi connectivity index (χ3n) is 3.82. The van der Waals surface area contributed by atoms with Crippen molar-refractivity contribution >= 4 is 11.8 Å². The zero-order chi connectivity index (χ0) is 15.8. The molecule has 116 valence electrons. The van der Waals surface area contributed by atoms with Crippen LogP contribution in [0.2, 0.25) is 0 Å². The molecule has 0 N–H and O–H groups in total. The van der Waals surface area contributed by atoms with Gasteiger partial charge in [0.05, 0.1) is 5.54 Å². The molecule has 2 heterocycles. The molecule has 0 spiro atoms. The number of hydrogen-bond donors (Lipinski definition) is 0. The number of carbonyl (C=O) groups is 2. The van der Waals surface area contributed by atoms with E-state index in [1.165, 1.54) is 17.8 Å². The molecule has 0 radical (unpaired) electrons. The second-order valence-corrected chi connectivity index (χ2v) is 5.98. The van der Waals surface area contributed by atoms with Crippen LogP contribution in [0.4, 0.5) is 0 Å². The Morgan fingerprint density at radius 3 is 2.48 bits per heavy atom. The number of rotatable bonds is 2. The van der Waals surface area contributed by atoms with Crippen LogP contribution in [0, 0.1) is 0 Å². The van der Waals surface area contributed by atoms with Crippen LogP contribution >= 0.6 is 0 Å². The summed E-state index contributed by atoms with van der Waals surface area (Å²) in [5, 5.41) is 3.90. The molecule has 0 aromatic carbocycles. The molecule has 21 heavy (non-hydrogen) atoms. The maximum atomic E-state index is 12.4. The van der Waals surface area contributed by atoms with Crippen LogP contribution in [0.1, 0.15) is 20.8 Å². The van der Waals surface area contributed by atoms with Gasteiger partial charge in [-0.1, -0.05) is 0 Å². The van der Waals surface area contributed by atoms with Gasteiger partial charge >= 0.3 is 5.69 Å². The molecule has 2 rings (SSSR count). The second-order valence-electron chi connectivity index (χ2n) is 5.98. The van der Waals surface area contributed by atoms with Crippen molar-refractivity contribution in [2.75, 3.05) is 19.6 Å². The Morgan fingerprint density at radius 1 is 1.33 bits per heavy atom. The fraction of sp³-hybridized carbons (Fsp3) is 0.692. The molecule has 1 aliphatic rings. The average Bonchev–Trinajstić information content (AvgIpc) is 2.69. The SMILES string of the molecule is CC(=O)N1CCN(C(=O)Cn2ncn(C)c2=O)C(C)(C)C1. The van der Waals surface area contributed by atoms with E-state index in [1.807, 2.05) is 13.8 Å². The fourth-order valence-corrected chi connectivity index (χ4v) is 2.63. The van der Waals surface area contributed by atoms with Crippen molar-refractivity contribution in [2.45, 2.75) is 32.9 Å². The van der Waals surface area contributed by atoms with E-state index in [4.69, 9.17) is 0 Å². The van der Waals surface area contributed by atoms with E-state index in [2.05, 4.69) is 5.10 Å². The molecule has 1 aliphatic heterocycles. The maximum absolute atomic E-state index is 12.4. The highest BCUT2D eigenvalue weighted by atomic mass is 16.2. The first-order valence-corrected chi connectivity index (χ1v) is 6.87. The first-order chi connectivity index (χ1) is 9.72. The van der Waals surface area contributed by atoms with Crippen LogP contribution in [0.15, 0.2) is 11.1 Å². The second kappa shape index (κ2) is 5.34. The summed E-state index contributed by atoms with van der Waals surface area (Å²) >= 11 is 0. The lowest BCUT2D eigenvalue weighted by Gasteiger charge is -2.46. The number of aryl methyl sites for hydroxylation is 1. The maximum Gasteiger partial charge on any atom is 0.345 e. The lowest BCUT2D eigenvalue weighted by Crippen LogP contribution is -2.62. The number of piperazine rings is 1. The van der Waals surface area contributed by atoms with Crippen molar-refractivity contribution in [1.29, 1.82) is 0 Å². The summed E-state index contributed by atoms with van der Waals surface area (Å²) in [5.74, 6) is -0.153. The van der Waals surface area contributed by atoms with E-state index in [9.17, 15) is 14.4 Å². The van der Waals surface area contributed by atoms with Crippen LogP contribution in [0.25, 0.3) is 0 Å². The highest BCUT2D eigenvalue weighted by molar-refractivity contribution is 5.78. The molecule has 1 aromatic heterocycles. The van der Waals surface area contributed by atoms with E-state index >= 15 is 0 Å². The molecular formula is C13H21N5O3. The van der Waals surface area contributed by atoms with Gasteiger partial charge in [-0.2, -0.15) is 5.10 Å². The third kappa shape index (κ3) is 2.98. The number of carbonyl (C=O) groups excluding carboxylic acids is 2. The van der Waals surface area contributed by atoms with E-state index in [-0.39, 0.29) is 24.0 Å². The van der Waals surface area contributed by atoms with Crippen molar-refractivity contribution in [1.82, 2.24) is 24.1 Å². The third-order valence-corrected chi connectivity index (χ3v) is 3.82. The Hall–Kier alpha value is -2.12. The molecule has 8 nitrogen and oxygen atoms in total. The Balaban J connectivity index is 2.11. The van der Waals surface area contributed by atoms with Crippen LogP contribution in [0.5, 0.6) is 0 Å². The number of aromatic nitrogens is 3. The fourth-order valence-electron chi connectivity index (χ4n) is 2.63. The Morgan fingerprint density at radius 2 is 2.00 bits per heavy atom. The van der Waals surface area contributed by atoms with Gasteiger partial charge in [0.25, 0.3) is 0 Å². The predicted octanol–water partition coefficient (Wildman–Crippen LogP) is -0.949. The van der Waals surface area contributed by atoms with E-state index < -0.39 is 5.54 Å². The topological polar surface area (TPSA) is 80.4 Å². The standard InChI is InChI=1S/C13H21N5O3/c1-10(19)16-5-6-17(13(2,3)8-16)11(20)7-18-12(21)15(4)9-14-18/h9H,5-8H2,1-4H3. The number of hydrogen-bond acceptors (Lipinski definition) is 4. The van der Waals surface area contributed by atoms with E-state index in [1.54, 1.807) is 16.8 Å². The summed E-state index contributed by atoms with van der Waals surface area (Å²) in [6.07, 6.45) is 1.38. The van der Waals surface area contributed by atoms with Crippen molar-refractivity contribution < 1.29 is 9.59 Å². The first-order valence-electron chi connectivity index (χ1n) is 6.87. The molecule has 0 bridgehead atoms. The summed E-state index contributed by atoms with van der Waals surface area (Å²) in [7, 11) is 1.59. The van der Waals surface area contributed by atoms with E-state index in [0.29, 0.717) is 19.6 Å². The molecule has 0 aliphatic carbocycles. The van der Waals surface area contributed by atoms with Gasteiger partial charge in [0, 0.05) is 33.6 Å². The minimum absolute atomic E-state index is 0.0103. The van der Waals surface area contributed by atoms with Gasteiger partial charge in [-0.3, -0.25) is 14.2 Å². The molecule has 1 aromatic rings. The van der Waals surface area contributed by atoms with Crippen molar-refractivity contribution in [3.63, 3.8) is 0 Å². The minimum atomic E-state index is -0.459. The molecule has 2 amide bonds. The summed E-state index contributed by atoms with van der Waals surface area (Å²) in [6, 6.07) is 0. The molecule has 1 saturated heterocycles. The van der Waals surface area contributed by atoms with Crippen LogP contribution in [-0.4, -0.2) is 61.1 Å². The van der Waals surface area contributed by atoms with Crippen molar-refractivity contribution in [2.24, 2.45) is 7.05 Å². The predicted molar refractivity (Wildman–Crippen MR) is 75.5 cm³/mol. The van der Waals surface area contributed by atoms with Gasteiger partial charge in [-0.15, -0.1) is 0 Å². The summed E-state index contributed by atoms with van der Waals surface area (Å²) in [4.78, 5) is 39.1. The van der Waals surface area contributed by atoms with Crippen molar-refractivity contribution in [3.8, 4) is 0 Å². The number of nitrogens with zero attached hydrogens (tertiary/aromatic N) is 5. The lowest BCUT2D eigenvalue weighted by molar-refractivity contribution is -0.147. The van der Waals surface area contributed by atoms with Gasteiger partial charge < -0.3 is 9.80 Å². The number of amides is 2. The zero-order valence-electron chi connectivity index (χ0n) is 12.9. The van der Waals surface area contributed by atoms with E-state index in [0.717, 1.165) is 4.68 Å². The molecule has 1 fully saturated rings. The zero-order valence-corrected chi connectivity index (χ0v) is 12.9. The quantitative estimate of drug-likeness (QED) is 0.704. The smallest absolute Gasteiger partial charge is 0.339 e. The summed E-state index contributed by atoms with van der Waals surface area (Å²) in [5.41, 5.74) is -0.775. The van der Waals surface area contributed by atoms with Crippen LogP contribution in [-0.2, 0) is 23.2 Å². The first kappa shape index (κ1) is 15.3. The van der Waals surface area contributed by atoms with Gasteiger partial charge in [0.1, 0.15) is 12.9 Å². The summed E-state index contributed by atoms with van der Waals surface area (Å²) in [6.45, 7) is 6.76. The van der Waals surface area contributed by atoms with Gasteiger partial charge in [0.15, 0.2) is 0 Å². The van der Waals surface area contributed by atoms with Crippen LogP contribution in [0.3, 0.4) is 0 Å². The lowest BCUT2D eigenvalue weighted by atomic mass is 9.98. The largest absolute Gasteiger partial charge is 0.345 e. The minimum Gasteiger partial charge on any atom is -0.339 e. The monoisotopic (exact) mass is 295 g/mol. The highest BCUT2D eigenvalue weighted by Gasteiger charge is 2.37. The molecule has 0 saturated carbocycles. The average molecular weight is 295 g/mol. The highest BCUT2D eigenvalue weighted by Crippen LogP contribution is 2.21. The van der Waals surface area contributed by atoms with Gasteiger partial charge in [-0.05, 0) is 13.8 Å². The normalized spacial score (nSPS) is 17.9. The molecule has 0 atom stereocenters. The Bertz CT molecular complexity index is 616. The van der Waals surface area contributed by atoms with Crippen LogP contribution < -0.4 is 5.69 Å². The summed E-state index contributed by atoms with van der Waals surface area (Å²) < 4.78 is 2.47.